The van der Waals surface area contributed by atoms with E-state index < -0.39 is 5.60 Å². The van der Waals surface area contributed by atoms with Crippen LogP contribution in [-0.2, 0) is 4.79 Å². The van der Waals surface area contributed by atoms with Crippen molar-refractivity contribution < 1.29 is 9.90 Å². The van der Waals surface area contributed by atoms with Crippen molar-refractivity contribution >= 4 is 5.91 Å². The van der Waals surface area contributed by atoms with Crippen LogP contribution in [0.3, 0.4) is 0 Å². The van der Waals surface area contributed by atoms with Gasteiger partial charge in [-0.05, 0) is 50.4 Å². The van der Waals surface area contributed by atoms with E-state index in [2.05, 4.69) is 12.2 Å². The minimum Gasteiger partial charge on any atom is -0.388 e. The molecule has 1 amide bonds. The fraction of sp³-hybridized carbons (Fsp3) is 0.941. The summed E-state index contributed by atoms with van der Waals surface area (Å²) in [4.78, 5) is 12.0. The summed E-state index contributed by atoms with van der Waals surface area (Å²) in [7, 11) is 0. The van der Waals surface area contributed by atoms with E-state index >= 15 is 0 Å². The molecule has 2 saturated carbocycles. The van der Waals surface area contributed by atoms with E-state index in [9.17, 15) is 9.90 Å². The van der Waals surface area contributed by atoms with Gasteiger partial charge in [-0.25, -0.2) is 0 Å². The first-order valence-corrected chi connectivity index (χ1v) is 8.60. The molecule has 2 fully saturated rings. The first-order chi connectivity index (χ1) is 9.61. The first kappa shape index (κ1) is 15.8. The second-order valence-corrected chi connectivity index (χ2v) is 7.06. The van der Waals surface area contributed by atoms with E-state index in [0.717, 1.165) is 31.6 Å². The van der Waals surface area contributed by atoms with Crippen LogP contribution in [-0.4, -0.2) is 23.2 Å². The molecule has 2 rings (SSSR count). The summed E-state index contributed by atoms with van der Waals surface area (Å²) >= 11 is 0. The summed E-state index contributed by atoms with van der Waals surface area (Å²) in [5.41, 5.74) is -0.645. The van der Waals surface area contributed by atoms with Gasteiger partial charge in [0.1, 0.15) is 0 Å². The number of rotatable bonds is 5. The van der Waals surface area contributed by atoms with Crippen molar-refractivity contribution in [3.63, 3.8) is 0 Å². The van der Waals surface area contributed by atoms with Crippen LogP contribution in [0.5, 0.6) is 0 Å². The summed E-state index contributed by atoms with van der Waals surface area (Å²) < 4.78 is 0. The Morgan fingerprint density at radius 1 is 1.10 bits per heavy atom. The number of carbonyl (C=O) groups excluding carboxylic acids is 1. The molecular formula is C17H31NO2. The number of nitrogens with one attached hydrogen (secondary N) is 1. The third kappa shape index (κ3) is 4.76. The lowest BCUT2D eigenvalue weighted by Gasteiger charge is -2.36. The van der Waals surface area contributed by atoms with Crippen LogP contribution in [0, 0.1) is 11.8 Å². The molecule has 0 aliphatic heterocycles. The van der Waals surface area contributed by atoms with Crippen molar-refractivity contribution in [3.8, 4) is 0 Å². The molecule has 0 aromatic carbocycles. The highest BCUT2D eigenvalue weighted by Gasteiger charge is 2.33. The van der Waals surface area contributed by atoms with Crippen LogP contribution in [0.4, 0.5) is 0 Å². The molecule has 2 N–H and O–H groups in total. The van der Waals surface area contributed by atoms with Gasteiger partial charge in [0.2, 0.25) is 5.91 Å². The number of hydrogen-bond acceptors (Lipinski definition) is 2. The molecule has 0 heterocycles. The summed E-state index contributed by atoms with van der Waals surface area (Å²) in [6.07, 6.45) is 12.1. The molecule has 0 aromatic rings. The second kappa shape index (κ2) is 7.44. The molecule has 116 valence electrons. The number of amides is 1. The van der Waals surface area contributed by atoms with Crippen LogP contribution >= 0.6 is 0 Å². The fourth-order valence-electron chi connectivity index (χ4n) is 3.79. The molecule has 0 radical (unpaired) electrons. The molecule has 3 nitrogen and oxygen atoms in total. The maximum absolute atomic E-state index is 12.0. The summed E-state index contributed by atoms with van der Waals surface area (Å²) in [6.45, 7) is 2.68. The van der Waals surface area contributed by atoms with Crippen molar-refractivity contribution in [2.75, 3.05) is 6.54 Å². The molecule has 2 aliphatic rings. The van der Waals surface area contributed by atoms with Gasteiger partial charge in [0.25, 0.3) is 0 Å². The molecule has 20 heavy (non-hydrogen) atoms. The van der Waals surface area contributed by atoms with Gasteiger partial charge in [-0.15, -0.1) is 0 Å². The lowest BCUT2D eigenvalue weighted by molar-refractivity contribution is -0.124. The molecule has 0 atom stereocenters. The van der Waals surface area contributed by atoms with Crippen molar-refractivity contribution in [2.45, 2.75) is 83.2 Å². The molecule has 3 heteroatoms. The molecule has 0 bridgehead atoms. The van der Waals surface area contributed by atoms with Gasteiger partial charge in [0.05, 0.1) is 5.60 Å². The van der Waals surface area contributed by atoms with Gasteiger partial charge in [-0.3, -0.25) is 4.79 Å². The van der Waals surface area contributed by atoms with Crippen molar-refractivity contribution in [1.29, 1.82) is 0 Å². The standard InChI is InChI=1S/C17H31NO2/c1-2-14-8-10-17(20,11-9-14)13-18-16(19)12-15-6-4-3-5-7-15/h14-15,20H,2-13H2,1H3,(H,18,19). The van der Waals surface area contributed by atoms with Crippen molar-refractivity contribution in [2.24, 2.45) is 11.8 Å². The van der Waals surface area contributed by atoms with Crippen LogP contribution in [0.25, 0.3) is 0 Å². The predicted molar refractivity (Wildman–Crippen MR) is 81.4 cm³/mol. The first-order valence-electron chi connectivity index (χ1n) is 8.60. The average Bonchev–Trinajstić information content (AvgIpc) is 2.47. The number of carbonyl (C=O) groups is 1. The average molecular weight is 281 g/mol. The Labute approximate surface area is 123 Å². The molecule has 0 saturated heterocycles. The third-order valence-electron chi connectivity index (χ3n) is 5.43. The van der Waals surface area contributed by atoms with Crippen LogP contribution in [0.15, 0.2) is 0 Å². The largest absolute Gasteiger partial charge is 0.388 e. The van der Waals surface area contributed by atoms with Gasteiger partial charge in [-0.2, -0.15) is 0 Å². The molecule has 0 spiro atoms. The van der Waals surface area contributed by atoms with E-state index in [4.69, 9.17) is 0 Å². The Kier molecular flexibility index (Phi) is 5.88. The van der Waals surface area contributed by atoms with Crippen LogP contribution in [0.1, 0.15) is 77.6 Å². The minimum atomic E-state index is -0.645. The van der Waals surface area contributed by atoms with E-state index in [1.807, 2.05) is 0 Å². The van der Waals surface area contributed by atoms with Gasteiger partial charge < -0.3 is 10.4 Å². The van der Waals surface area contributed by atoms with E-state index in [-0.39, 0.29) is 5.91 Å². The van der Waals surface area contributed by atoms with Crippen LogP contribution in [0.2, 0.25) is 0 Å². The predicted octanol–water partition coefficient (Wildman–Crippen LogP) is 3.40. The smallest absolute Gasteiger partial charge is 0.220 e. The van der Waals surface area contributed by atoms with E-state index in [0.29, 0.717) is 18.9 Å². The topological polar surface area (TPSA) is 49.3 Å². The Bertz CT molecular complexity index is 302. The van der Waals surface area contributed by atoms with E-state index in [1.54, 1.807) is 0 Å². The SMILES string of the molecule is CCC1CCC(O)(CNC(=O)CC2CCCCC2)CC1. The van der Waals surface area contributed by atoms with Crippen molar-refractivity contribution in [1.82, 2.24) is 5.32 Å². The molecule has 0 aromatic heterocycles. The zero-order valence-electron chi connectivity index (χ0n) is 13.0. The zero-order chi connectivity index (χ0) is 14.4. The van der Waals surface area contributed by atoms with Gasteiger partial charge in [0, 0.05) is 13.0 Å². The monoisotopic (exact) mass is 281 g/mol. The van der Waals surface area contributed by atoms with Gasteiger partial charge in [-0.1, -0.05) is 32.6 Å². The Morgan fingerprint density at radius 3 is 2.35 bits per heavy atom. The summed E-state index contributed by atoms with van der Waals surface area (Å²) in [5, 5.41) is 13.5. The molecule has 0 unspecified atom stereocenters. The summed E-state index contributed by atoms with van der Waals surface area (Å²) in [5.74, 6) is 1.49. The number of hydrogen-bond donors (Lipinski definition) is 2. The maximum Gasteiger partial charge on any atom is 0.220 e. The highest BCUT2D eigenvalue weighted by atomic mass is 16.3. The third-order valence-corrected chi connectivity index (χ3v) is 5.43. The highest BCUT2D eigenvalue weighted by Crippen LogP contribution is 2.33. The minimum absolute atomic E-state index is 0.142. The van der Waals surface area contributed by atoms with Gasteiger partial charge in [0.15, 0.2) is 0 Å². The zero-order valence-corrected chi connectivity index (χ0v) is 13.0. The lowest BCUT2D eigenvalue weighted by Crippen LogP contribution is -2.45. The second-order valence-electron chi connectivity index (χ2n) is 7.06. The lowest BCUT2D eigenvalue weighted by atomic mass is 9.78. The van der Waals surface area contributed by atoms with Crippen molar-refractivity contribution in [3.05, 3.63) is 0 Å². The van der Waals surface area contributed by atoms with Gasteiger partial charge >= 0.3 is 0 Å². The Hall–Kier alpha value is -0.570. The van der Waals surface area contributed by atoms with E-state index in [1.165, 1.54) is 38.5 Å². The van der Waals surface area contributed by atoms with Crippen LogP contribution < -0.4 is 5.32 Å². The summed E-state index contributed by atoms with van der Waals surface area (Å²) in [6, 6.07) is 0. The molecule has 2 aliphatic carbocycles. The fourth-order valence-corrected chi connectivity index (χ4v) is 3.79. The quantitative estimate of drug-likeness (QED) is 0.811. The maximum atomic E-state index is 12.0. The highest BCUT2D eigenvalue weighted by molar-refractivity contribution is 5.76. The molecular weight excluding hydrogens is 250 g/mol. The Morgan fingerprint density at radius 2 is 1.75 bits per heavy atom. The normalized spacial score (nSPS) is 32.0. The Balaban J connectivity index is 1.67. The number of aliphatic hydroxyl groups is 1.